The molecule has 0 saturated carbocycles. The Morgan fingerprint density at radius 2 is 2.00 bits per heavy atom. The summed E-state index contributed by atoms with van der Waals surface area (Å²) in [5.74, 6) is 0.0508. The predicted octanol–water partition coefficient (Wildman–Crippen LogP) is 5.80. The fourth-order valence-corrected chi connectivity index (χ4v) is 4.97. The number of aliphatic carboxylic acids is 1. The Kier molecular flexibility index (Phi) is 8.65. The molecule has 0 fully saturated rings. The molecular weight excluding hydrogens is 478 g/mol. The van der Waals surface area contributed by atoms with Crippen molar-refractivity contribution >= 4 is 5.97 Å². The zero-order valence-corrected chi connectivity index (χ0v) is 22.5. The van der Waals surface area contributed by atoms with Crippen LogP contribution in [0.1, 0.15) is 61.1 Å². The van der Waals surface area contributed by atoms with Gasteiger partial charge >= 0.3 is 5.97 Å². The molecular formula is C31H35N3O4. The van der Waals surface area contributed by atoms with E-state index in [9.17, 15) is 15.2 Å². The number of nitriles is 1. The summed E-state index contributed by atoms with van der Waals surface area (Å²) in [5.41, 5.74) is 6.62. The molecule has 3 aromatic rings. The van der Waals surface area contributed by atoms with Crippen LogP contribution >= 0.6 is 0 Å². The third-order valence-electron chi connectivity index (χ3n) is 7.33. The molecule has 1 aliphatic heterocycles. The molecule has 1 aromatic heterocycles. The van der Waals surface area contributed by atoms with Crippen LogP contribution in [0.2, 0.25) is 0 Å². The second-order valence-electron chi connectivity index (χ2n) is 9.79. The maximum absolute atomic E-state index is 11.3. The largest absolute Gasteiger partial charge is 0.485 e. The Balaban J connectivity index is 1.69. The zero-order valence-electron chi connectivity index (χ0n) is 22.5. The summed E-state index contributed by atoms with van der Waals surface area (Å²) in [6, 6.07) is 16.5. The van der Waals surface area contributed by atoms with Crippen molar-refractivity contribution in [3.05, 3.63) is 76.5 Å². The number of carboxylic acids is 1. The van der Waals surface area contributed by atoms with Gasteiger partial charge in [0, 0.05) is 24.4 Å². The second kappa shape index (κ2) is 12.1. The van der Waals surface area contributed by atoms with Crippen molar-refractivity contribution in [2.45, 2.75) is 52.7 Å². The number of methoxy groups -OCH3 is 1. The molecule has 2 atom stereocenters. The molecule has 1 N–H and O–H groups in total. The quantitative estimate of drug-likeness (QED) is 0.366. The Morgan fingerprint density at radius 3 is 2.68 bits per heavy atom. The van der Waals surface area contributed by atoms with E-state index in [0.29, 0.717) is 17.9 Å². The zero-order chi connectivity index (χ0) is 27.2. The normalized spacial score (nSPS) is 15.3. The highest BCUT2D eigenvalue weighted by Gasteiger charge is 2.24. The lowest BCUT2D eigenvalue weighted by atomic mass is 9.90. The standard InChI is InChI=1S/C31H35N3O4/c1-5-34(6-2)19-24-15-23(9-11-26(24)27-16-30(37-4)33-18-25(27)17-32)28-12-10-22-8-7-21(14-29(22)38-28)13-20(3)31(35)36/h7-9,11,14-16,18,20,28H,5-6,10,12-13,19H2,1-4H3,(H,35,36)/t20?,28-/m0/s1. The molecule has 0 spiro atoms. The van der Waals surface area contributed by atoms with E-state index in [1.54, 1.807) is 20.2 Å². The molecule has 0 radical (unpaired) electrons. The Labute approximate surface area is 224 Å². The van der Waals surface area contributed by atoms with Crippen LogP contribution in [0, 0.1) is 17.2 Å². The Morgan fingerprint density at radius 1 is 1.21 bits per heavy atom. The minimum absolute atomic E-state index is 0.110. The van der Waals surface area contributed by atoms with Crippen molar-refractivity contribution in [2.75, 3.05) is 20.2 Å². The van der Waals surface area contributed by atoms with Crippen molar-refractivity contribution in [3.8, 4) is 28.8 Å². The van der Waals surface area contributed by atoms with Gasteiger partial charge in [0.15, 0.2) is 0 Å². The van der Waals surface area contributed by atoms with Crippen LogP contribution < -0.4 is 9.47 Å². The molecule has 38 heavy (non-hydrogen) atoms. The molecule has 198 valence electrons. The van der Waals surface area contributed by atoms with Crippen molar-refractivity contribution in [2.24, 2.45) is 5.92 Å². The van der Waals surface area contributed by atoms with E-state index in [4.69, 9.17) is 9.47 Å². The third-order valence-corrected chi connectivity index (χ3v) is 7.33. The summed E-state index contributed by atoms with van der Waals surface area (Å²) >= 11 is 0. The van der Waals surface area contributed by atoms with Crippen molar-refractivity contribution in [1.82, 2.24) is 9.88 Å². The van der Waals surface area contributed by atoms with Gasteiger partial charge < -0.3 is 14.6 Å². The Bertz CT molecular complexity index is 1340. The van der Waals surface area contributed by atoms with Gasteiger partial charge in [-0.2, -0.15) is 5.26 Å². The Hall–Kier alpha value is -3.89. The topological polar surface area (TPSA) is 95.7 Å². The first-order valence-electron chi connectivity index (χ1n) is 13.2. The van der Waals surface area contributed by atoms with Crippen molar-refractivity contribution < 1.29 is 19.4 Å². The molecule has 1 aliphatic rings. The smallest absolute Gasteiger partial charge is 0.306 e. The molecule has 0 bridgehead atoms. The molecule has 2 heterocycles. The lowest BCUT2D eigenvalue weighted by Crippen LogP contribution is -2.23. The lowest BCUT2D eigenvalue weighted by Gasteiger charge is -2.28. The van der Waals surface area contributed by atoms with Crippen LogP contribution in [0.5, 0.6) is 11.6 Å². The number of fused-ring (bicyclic) bond motifs is 1. The minimum Gasteiger partial charge on any atom is -0.485 e. The minimum atomic E-state index is -0.797. The van der Waals surface area contributed by atoms with E-state index >= 15 is 0 Å². The maximum Gasteiger partial charge on any atom is 0.306 e. The number of aryl methyl sites for hydroxylation is 1. The summed E-state index contributed by atoms with van der Waals surface area (Å²) in [4.78, 5) is 17.9. The van der Waals surface area contributed by atoms with Gasteiger partial charge in [0.2, 0.25) is 5.88 Å². The van der Waals surface area contributed by atoms with E-state index in [-0.39, 0.29) is 6.10 Å². The van der Waals surface area contributed by atoms with Crippen molar-refractivity contribution in [3.63, 3.8) is 0 Å². The average molecular weight is 514 g/mol. The monoisotopic (exact) mass is 513 g/mol. The fraction of sp³-hybridized carbons (Fsp3) is 0.387. The summed E-state index contributed by atoms with van der Waals surface area (Å²) in [5, 5.41) is 19.1. The number of rotatable bonds is 10. The highest BCUT2D eigenvalue weighted by Crippen LogP contribution is 2.38. The summed E-state index contributed by atoms with van der Waals surface area (Å²) in [6.45, 7) is 8.58. The highest BCUT2D eigenvalue weighted by molar-refractivity contribution is 5.74. The van der Waals surface area contributed by atoms with Crippen LogP contribution in [0.25, 0.3) is 11.1 Å². The number of carboxylic acid groups (broad SMARTS) is 1. The number of hydrogen-bond donors (Lipinski definition) is 1. The highest BCUT2D eigenvalue weighted by atomic mass is 16.5. The van der Waals surface area contributed by atoms with Crippen LogP contribution in [-0.4, -0.2) is 41.2 Å². The maximum atomic E-state index is 11.3. The van der Waals surface area contributed by atoms with Crippen LogP contribution in [0.3, 0.4) is 0 Å². The van der Waals surface area contributed by atoms with Gasteiger partial charge in [0.25, 0.3) is 0 Å². The molecule has 0 saturated heterocycles. The van der Waals surface area contributed by atoms with Gasteiger partial charge in [-0.05, 0) is 66.2 Å². The van der Waals surface area contributed by atoms with Crippen LogP contribution in [0.4, 0.5) is 0 Å². The van der Waals surface area contributed by atoms with E-state index in [1.165, 1.54) is 0 Å². The van der Waals surface area contributed by atoms with E-state index in [2.05, 4.69) is 54.1 Å². The molecule has 4 rings (SSSR count). The van der Waals surface area contributed by atoms with Gasteiger partial charge in [-0.25, -0.2) is 4.98 Å². The van der Waals surface area contributed by atoms with Gasteiger partial charge in [0.05, 0.1) is 18.6 Å². The molecule has 0 amide bonds. The van der Waals surface area contributed by atoms with Crippen molar-refractivity contribution in [1.29, 1.82) is 5.26 Å². The van der Waals surface area contributed by atoms with Gasteiger partial charge in [-0.3, -0.25) is 9.69 Å². The van der Waals surface area contributed by atoms with E-state index in [0.717, 1.165) is 71.6 Å². The number of nitrogens with zero attached hydrogens (tertiary/aromatic N) is 3. The number of aromatic nitrogens is 1. The van der Waals surface area contributed by atoms with Crippen LogP contribution in [0.15, 0.2) is 48.7 Å². The van der Waals surface area contributed by atoms with Crippen LogP contribution in [-0.2, 0) is 24.2 Å². The molecule has 1 unspecified atom stereocenters. The molecule has 0 aliphatic carbocycles. The lowest BCUT2D eigenvalue weighted by molar-refractivity contribution is -0.141. The average Bonchev–Trinajstić information content (AvgIpc) is 2.94. The van der Waals surface area contributed by atoms with Gasteiger partial charge in [-0.15, -0.1) is 0 Å². The van der Waals surface area contributed by atoms with E-state index in [1.807, 2.05) is 18.2 Å². The first-order valence-corrected chi connectivity index (χ1v) is 13.2. The SMILES string of the molecule is CCN(CC)Cc1cc([C@@H]2CCc3ccc(CC(C)C(=O)O)cc3O2)ccc1-c1cc(OC)ncc1C#N. The first kappa shape index (κ1) is 27.2. The molecule has 7 nitrogen and oxygen atoms in total. The first-order chi connectivity index (χ1) is 18.4. The third kappa shape index (κ3) is 5.98. The second-order valence-corrected chi connectivity index (χ2v) is 9.79. The fourth-order valence-electron chi connectivity index (χ4n) is 4.97. The summed E-state index contributed by atoms with van der Waals surface area (Å²) < 4.78 is 11.9. The number of pyridine rings is 1. The van der Waals surface area contributed by atoms with Gasteiger partial charge in [0.1, 0.15) is 17.9 Å². The predicted molar refractivity (Wildman–Crippen MR) is 146 cm³/mol. The molecule has 7 heteroatoms. The molecule has 2 aromatic carbocycles. The number of carbonyl (C=O) groups is 1. The van der Waals surface area contributed by atoms with Gasteiger partial charge in [-0.1, -0.05) is 51.1 Å². The summed E-state index contributed by atoms with van der Waals surface area (Å²) in [6.07, 6.45) is 3.67. The number of ether oxygens (including phenoxy) is 2. The number of hydrogen-bond acceptors (Lipinski definition) is 6. The summed E-state index contributed by atoms with van der Waals surface area (Å²) in [7, 11) is 1.57. The van der Waals surface area contributed by atoms with E-state index < -0.39 is 11.9 Å². The number of benzene rings is 2.